The smallest absolute Gasteiger partial charge is 0.138 e. The monoisotopic (exact) mass is 156 g/mol. The molecule has 64 valence electrons. The first kappa shape index (κ1) is 8.72. The molecule has 0 spiro atoms. The van der Waals surface area contributed by atoms with Crippen LogP contribution in [0.3, 0.4) is 0 Å². The number of ketones is 1. The van der Waals surface area contributed by atoms with Crippen molar-refractivity contribution in [1.29, 1.82) is 0 Å². The maximum absolute atomic E-state index is 11.2. The summed E-state index contributed by atoms with van der Waals surface area (Å²) in [7, 11) is 0. The summed E-state index contributed by atoms with van der Waals surface area (Å²) in [6.45, 7) is 0.0544. The quantitative estimate of drug-likeness (QED) is 0.625. The largest absolute Gasteiger partial charge is 0.396 e. The minimum absolute atomic E-state index is 0.0460. The predicted octanol–water partition coefficient (Wildman–Crippen LogP) is 1.52. The molecule has 1 rings (SSSR count). The Labute approximate surface area is 67.6 Å². The summed E-state index contributed by atoms with van der Waals surface area (Å²) in [5.41, 5.74) is 0. The van der Waals surface area contributed by atoms with Gasteiger partial charge in [0.05, 0.1) is 6.61 Å². The minimum atomic E-state index is -0.0460. The van der Waals surface area contributed by atoms with Crippen molar-refractivity contribution < 1.29 is 9.90 Å². The fourth-order valence-corrected chi connectivity index (χ4v) is 1.60. The van der Waals surface area contributed by atoms with Crippen LogP contribution in [0.25, 0.3) is 0 Å². The summed E-state index contributed by atoms with van der Waals surface area (Å²) in [5, 5.41) is 8.86. The Kier molecular flexibility index (Phi) is 3.57. The van der Waals surface area contributed by atoms with Gasteiger partial charge in [-0.05, 0) is 12.8 Å². The molecule has 0 amide bonds. The number of aliphatic hydroxyl groups is 1. The van der Waals surface area contributed by atoms with E-state index in [9.17, 15) is 4.79 Å². The number of hydrogen-bond acceptors (Lipinski definition) is 2. The summed E-state index contributed by atoms with van der Waals surface area (Å²) in [6, 6.07) is 0. The molecule has 1 unspecified atom stereocenters. The summed E-state index contributed by atoms with van der Waals surface area (Å²) in [5.74, 6) is 0.225. The van der Waals surface area contributed by atoms with Gasteiger partial charge in [0.2, 0.25) is 0 Å². The highest BCUT2D eigenvalue weighted by Crippen LogP contribution is 2.18. The zero-order chi connectivity index (χ0) is 8.10. The van der Waals surface area contributed by atoms with Crippen molar-refractivity contribution in [3.63, 3.8) is 0 Å². The summed E-state index contributed by atoms with van der Waals surface area (Å²) < 4.78 is 0. The van der Waals surface area contributed by atoms with Crippen LogP contribution in [0.4, 0.5) is 0 Å². The molecule has 2 nitrogen and oxygen atoms in total. The molecule has 0 saturated heterocycles. The predicted molar refractivity (Wildman–Crippen MR) is 43.3 cm³/mol. The fourth-order valence-electron chi connectivity index (χ4n) is 1.60. The number of Topliss-reactive ketones (excluding diaryl/α,β-unsaturated/α-hetero) is 1. The minimum Gasteiger partial charge on any atom is -0.396 e. The second kappa shape index (κ2) is 4.50. The lowest BCUT2D eigenvalue weighted by Gasteiger charge is -2.15. The molecule has 1 atom stereocenters. The molecular weight excluding hydrogens is 140 g/mol. The summed E-state index contributed by atoms with van der Waals surface area (Å²) in [6.07, 6.45) is 6.13. The van der Waals surface area contributed by atoms with Crippen LogP contribution in [-0.4, -0.2) is 17.5 Å². The molecular formula is C9H16O2. The van der Waals surface area contributed by atoms with Crippen LogP contribution >= 0.6 is 0 Å². The van der Waals surface area contributed by atoms with E-state index in [1.807, 2.05) is 0 Å². The van der Waals surface area contributed by atoms with E-state index in [1.165, 1.54) is 12.8 Å². The third kappa shape index (κ3) is 2.62. The molecule has 11 heavy (non-hydrogen) atoms. The van der Waals surface area contributed by atoms with Gasteiger partial charge in [-0.1, -0.05) is 19.3 Å². The number of hydrogen-bond donors (Lipinski definition) is 1. The van der Waals surface area contributed by atoms with Gasteiger partial charge < -0.3 is 5.11 Å². The highest BCUT2D eigenvalue weighted by atomic mass is 16.3. The van der Waals surface area contributed by atoms with Gasteiger partial charge in [0.15, 0.2) is 0 Å². The van der Waals surface area contributed by atoms with E-state index in [0.717, 1.165) is 19.3 Å². The molecule has 1 saturated carbocycles. The topological polar surface area (TPSA) is 37.3 Å². The van der Waals surface area contributed by atoms with Gasteiger partial charge in [0.1, 0.15) is 5.78 Å². The molecule has 0 bridgehead atoms. The lowest BCUT2D eigenvalue weighted by Crippen LogP contribution is -2.19. The van der Waals surface area contributed by atoms with E-state index in [2.05, 4.69) is 0 Å². The van der Waals surface area contributed by atoms with Gasteiger partial charge >= 0.3 is 0 Å². The fraction of sp³-hybridized carbons (Fsp3) is 0.889. The van der Waals surface area contributed by atoms with Crippen LogP contribution in [0.5, 0.6) is 0 Å². The van der Waals surface area contributed by atoms with Crippen LogP contribution < -0.4 is 0 Å². The van der Waals surface area contributed by atoms with Crippen LogP contribution in [-0.2, 0) is 4.79 Å². The first-order chi connectivity index (χ1) is 5.34. The van der Waals surface area contributed by atoms with E-state index < -0.39 is 0 Å². The maximum Gasteiger partial charge on any atom is 0.138 e. The molecule has 0 aliphatic heterocycles. The van der Waals surface area contributed by atoms with Gasteiger partial charge in [-0.2, -0.15) is 0 Å². The molecule has 0 aromatic heterocycles. The van der Waals surface area contributed by atoms with Gasteiger partial charge in [-0.25, -0.2) is 0 Å². The second-order valence-corrected chi connectivity index (χ2v) is 3.30. The third-order valence-electron chi connectivity index (χ3n) is 2.40. The van der Waals surface area contributed by atoms with E-state index in [-0.39, 0.29) is 18.3 Å². The van der Waals surface area contributed by atoms with Gasteiger partial charge in [-0.3, -0.25) is 4.79 Å². The van der Waals surface area contributed by atoms with Gasteiger partial charge in [0, 0.05) is 12.3 Å². The molecule has 1 fully saturated rings. The standard InChI is InChI=1S/C9H16O2/c10-7-8-5-3-1-2-4-6-9(8)11/h8,10H,1-7H2. The number of aliphatic hydroxyl groups excluding tert-OH is 1. The van der Waals surface area contributed by atoms with Crippen molar-refractivity contribution >= 4 is 5.78 Å². The lowest BCUT2D eigenvalue weighted by molar-refractivity contribution is -0.124. The lowest BCUT2D eigenvalue weighted by atomic mass is 9.91. The Morgan fingerprint density at radius 2 is 2.00 bits per heavy atom. The zero-order valence-corrected chi connectivity index (χ0v) is 6.88. The molecule has 1 aliphatic carbocycles. The average Bonchev–Trinajstić information content (AvgIpc) is 1.98. The molecule has 0 heterocycles. The molecule has 0 aromatic rings. The molecule has 0 radical (unpaired) electrons. The normalized spacial score (nSPS) is 27.7. The van der Waals surface area contributed by atoms with Crippen LogP contribution in [0.1, 0.15) is 38.5 Å². The van der Waals surface area contributed by atoms with Crippen LogP contribution in [0.15, 0.2) is 0 Å². The van der Waals surface area contributed by atoms with E-state index in [4.69, 9.17) is 5.11 Å². The maximum atomic E-state index is 11.2. The molecule has 1 aliphatic rings. The van der Waals surface area contributed by atoms with E-state index in [0.29, 0.717) is 6.42 Å². The van der Waals surface area contributed by atoms with E-state index >= 15 is 0 Å². The van der Waals surface area contributed by atoms with Crippen LogP contribution in [0, 0.1) is 5.92 Å². The Balaban J connectivity index is 2.39. The van der Waals surface area contributed by atoms with Gasteiger partial charge in [0.25, 0.3) is 0 Å². The second-order valence-electron chi connectivity index (χ2n) is 3.30. The number of rotatable bonds is 1. The number of carbonyl (C=O) groups is 1. The van der Waals surface area contributed by atoms with E-state index in [1.54, 1.807) is 0 Å². The Morgan fingerprint density at radius 3 is 2.73 bits per heavy atom. The number of carbonyl (C=O) groups excluding carboxylic acids is 1. The zero-order valence-electron chi connectivity index (χ0n) is 6.88. The Morgan fingerprint density at radius 1 is 1.27 bits per heavy atom. The van der Waals surface area contributed by atoms with Crippen molar-refractivity contribution in [3.05, 3.63) is 0 Å². The highest BCUT2D eigenvalue weighted by Gasteiger charge is 2.17. The highest BCUT2D eigenvalue weighted by molar-refractivity contribution is 5.81. The van der Waals surface area contributed by atoms with Crippen molar-refractivity contribution in [1.82, 2.24) is 0 Å². The molecule has 1 N–H and O–H groups in total. The van der Waals surface area contributed by atoms with Crippen LogP contribution in [0.2, 0.25) is 0 Å². The van der Waals surface area contributed by atoms with Gasteiger partial charge in [-0.15, -0.1) is 0 Å². The summed E-state index contributed by atoms with van der Waals surface area (Å²) >= 11 is 0. The Bertz CT molecular complexity index is 132. The van der Waals surface area contributed by atoms with Crippen molar-refractivity contribution in [3.8, 4) is 0 Å². The summed E-state index contributed by atoms with van der Waals surface area (Å²) in [4.78, 5) is 11.2. The SMILES string of the molecule is O=C1CCCCCCC1CO. The molecule has 0 aromatic carbocycles. The average molecular weight is 156 g/mol. The third-order valence-corrected chi connectivity index (χ3v) is 2.40. The Hall–Kier alpha value is -0.370. The molecule has 2 heteroatoms. The van der Waals surface area contributed by atoms with Crippen molar-refractivity contribution in [2.75, 3.05) is 6.61 Å². The van der Waals surface area contributed by atoms with Crippen molar-refractivity contribution in [2.24, 2.45) is 5.92 Å². The van der Waals surface area contributed by atoms with Crippen molar-refractivity contribution in [2.45, 2.75) is 38.5 Å². The first-order valence-electron chi connectivity index (χ1n) is 4.48. The first-order valence-corrected chi connectivity index (χ1v) is 4.48.